The van der Waals surface area contributed by atoms with Gasteiger partial charge in [-0.1, -0.05) is 6.07 Å². The van der Waals surface area contributed by atoms with Crippen molar-refractivity contribution < 1.29 is 9.13 Å². The van der Waals surface area contributed by atoms with Crippen LogP contribution in [-0.4, -0.2) is 19.0 Å². The van der Waals surface area contributed by atoms with Crippen molar-refractivity contribution in [2.45, 2.75) is 31.7 Å². The lowest BCUT2D eigenvalue weighted by molar-refractivity contribution is 0.410. The molecule has 0 fully saturated rings. The highest BCUT2D eigenvalue weighted by molar-refractivity contribution is 6.20. The second-order valence-electron chi connectivity index (χ2n) is 4.06. The standard InChI is InChI=1S/C13H19ClFNO/c1-10(14)4-3-7-16-9-11-5-6-12(17-2)8-13(11)15/h5-6,8,10,16H,3-4,7,9H2,1-2H3. The van der Waals surface area contributed by atoms with Gasteiger partial charge in [0.15, 0.2) is 0 Å². The average Bonchev–Trinajstić information content (AvgIpc) is 2.30. The Morgan fingerprint density at radius 3 is 2.82 bits per heavy atom. The van der Waals surface area contributed by atoms with E-state index in [1.165, 1.54) is 13.2 Å². The van der Waals surface area contributed by atoms with Crippen molar-refractivity contribution in [2.24, 2.45) is 0 Å². The first-order chi connectivity index (χ1) is 8.13. The summed E-state index contributed by atoms with van der Waals surface area (Å²) in [7, 11) is 1.53. The maximum absolute atomic E-state index is 13.5. The molecule has 0 aliphatic heterocycles. The van der Waals surface area contributed by atoms with E-state index in [1.807, 2.05) is 6.92 Å². The van der Waals surface area contributed by atoms with Crippen LogP contribution in [0.15, 0.2) is 18.2 Å². The van der Waals surface area contributed by atoms with Crippen LogP contribution >= 0.6 is 11.6 Å². The maximum atomic E-state index is 13.5. The van der Waals surface area contributed by atoms with Gasteiger partial charge in [-0.25, -0.2) is 4.39 Å². The third-order valence-electron chi connectivity index (χ3n) is 2.53. The number of hydrogen-bond acceptors (Lipinski definition) is 2. The number of rotatable bonds is 7. The van der Waals surface area contributed by atoms with Crippen LogP contribution in [0.2, 0.25) is 0 Å². The quantitative estimate of drug-likeness (QED) is 0.599. The molecule has 0 aliphatic carbocycles. The van der Waals surface area contributed by atoms with E-state index in [-0.39, 0.29) is 11.2 Å². The molecular formula is C13H19ClFNO. The Kier molecular flexibility index (Phi) is 6.30. The molecule has 0 spiro atoms. The molecule has 4 heteroatoms. The third kappa shape index (κ3) is 5.37. The Labute approximate surface area is 107 Å². The molecule has 17 heavy (non-hydrogen) atoms. The molecule has 1 atom stereocenters. The van der Waals surface area contributed by atoms with Gasteiger partial charge in [0.25, 0.3) is 0 Å². The number of alkyl halides is 1. The summed E-state index contributed by atoms with van der Waals surface area (Å²) in [6, 6.07) is 4.91. The van der Waals surface area contributed by atoms with Gasteiger partial charge < -0.3 is 10.1 Å². The molecule has 0 amide bonds. The molecule has 0 saturated heterocycles. The molecule has 1 aromatic rings. The molecule has 0 heterocycles. The van der Waals surface area contributed by atoms with E-state index in [9.17, 15) is 4.39 Å². The van der Waals surface area contributed by atoms with Crippen molar-refractivity contribution >= 4 is 11.6 Å². The summed E-state index contributed by atoms with van der Waals surface area (Å²) in [6.07, 6.45) is 1.97. The van der Waals surface area contributed by atoms with Crippen LogP contribution in [0.3, 0.4) is 0 Å². The van der Waals surface area contributed by atoms with E-state index < -0.39 is 0 Å². The van der Waals surface area contributed by atoms with Gasteiger partial charge in [-0.05, 0) is 32.4 Å². The number of methoxy groups -OCH3 is 1. The molecule has 0 saturated carbocycles. The summed E-state index contributed by atoms with van der Waals surface area (Å²) in [5, 5.41) is 3.40. The van der Waals surface area contributed by atoms with Crippen LogP contribution < -0.4 is 10.1 Å². The van der Waals surface area contributed by atoms with Gasteiger partial charge in [-0.2, -0.15) is 0 Å². The maximum Gasteiger partial charge on any atom is 0.131 e. The van der Waals surface area contributed by atoms with E-state index in [0.29, 0.717) is 17.9 Å². The van der Waals surface area contributed by atoms with Crippen molar-refractivity contribution in [3.8, 4) is 5.75 Å². The smallest absolute Gasteiger partial charge is 0.131 e. The fourth-order valence-corrected chi connectivity index (χ4v) is 1.68. The molecule has 1 rings (SSSR count). The van der Waals surface area contributed by atoms with Crippen molar-refractivity contribution in [3.63, 3.8) is 0 Å². The van der Waals surface area contributed by atoms with E-state index in [0.717, 1.165) is 19.4 Å². The van der Waals surface area contributed by atoms with Crippen LogP contribution in [0.5, 0.6) is 5.75 Å². The van der Waals surface area contributed by atoms with Crippen LogP contribution in [0.1, 0.15) is 25.3 Å². The van der Waals surface area contributed by atoms with Crippen molar-refractivity contribution in [1.29, 1.82) is 0 Å². The number of nitrogens with one attached hydrogen (secondary N) is 1. The zero-order valence-electron chi connectivity index (χ0n) is 10.3. The highest BCUT2D eigenvalue weighted by atomic mass is 35.5. The first-order valence-corrected chi connectivity index (χ1v) is 6.24. The zero-order chi connectivity index (χ0) is 12.7. The average molecular weight is 260 g/mol. The Bertz CT molecular complexity index is 344. The van der Waals surface area contributed by atoms with Crippen LogP contribution in [0, 0.1) is 5.82 Å². The predicted octanol–water partition coefficient (Wildman–Crippen LogP) is 3.33. The van der Waals surface area contributed by atoms with Crippen molar-refractivity contribution in [2.75, 3.05) is 13.7 Å². The van der Waals surface area contributed by atoms with Crippen LogP contribution in [0.25, 0.3) is 0 Å². The van der Waals surface area contributed by atoms with Gasteiger partial charge in [-0.15, -0.1) is 11.6 Å². The number of hydrogen-bond donors (Lipinski definition) is 1. The molecule has 0 aliphatic rings. The summed E-state index contributed by atoms with van der Waals surface area (Å²) < 4.78 is 18.5. The fourth-order valence-electron chi connectivity index (χ4n) is 1.53. The normalized spacial score (nSPS) is 12.5. The number of halogens is 2. The topological polar surface area (TPSA) is 21.3 Å². The summed E-state index contributed by atoms with van der Waals surface area (Å²) >= 11 is 5.83. The van der Waals surface area contributed by atoms with Gasteiger partial charge in [0.2, 0.25) is 0 Å². The van der Waals surface area contributed by atoms with Crippen molar-refractivity contribution in [1.82, 2.24) is 5.32 Å². The molecule has 0 radical (unpaired) electrons. The lowest BCUT2D eigenvalue weighted by Gasteiger charge is -2.08. The SMILES string of the molecule is COc1ccc(CNCCCC(C)Cl)c(F)c1. The minimum Gasteiger partial charge on any atom is -0.497 e. The Hall–Kier alpha value is -0.800. The number of ether oxygens (including phenoxy) is 1. The van der Waals surface area contributed by atoms with Gasteiger partial charge >= 0.3 is 0 Å². The molecule has 1 N–H and O–H groups in total. The highest BCUT2D eigenvalue weighted by Crippen LogP contribution is 2.15. The summed E-state index contributed by atoms with van der Waals surface area (Å²) in [6.45, 7) is 3.36. The Morgan fingerprint density at radius 1 is 1.47 bits per heavy atom. The first-order valence-electron chi connectivity index (χ1n) is 5.80. The Balaban J connectivity index is 2.32. The van der Waals surface area contributed by atoms with Gasteiger partial charge in [0, 0.05) is 23.6 Å². The largest absolute Gasteiger partial charge is 0.497 e. The van der Waals surface area contributed by atoms with E-state index in [1.54, 1.807) is 12.1 Å². The van der Waals surface area contributed by atoms with E-state index in [4.69, 9.17) is 16.3 Å². The van der Waals surface area contributed by atoms with Gasteiger partial charge in [0.1, 0.15) is 11.6 Å². The van der Waals surface area contributed by atoms with Crippen molar-refractivity contribution in [3.05, 3.63) is 29.6 Å². The minimum absolute atomic E-state index is 0.203. The second kappa shape index (κ2) is 7.51. The zero-order valence-corrected chi connectivity index (χ0v) is 11.1. The first kappa shape index (κ1) is 14.3. The fraction of sp³-hybridized carbons (Fsp3) is 0.538. The van der Waals surface area contributed by atoms with E-state index in [2.05, 4.69) is 5.32 Å². The van der Waals surface area contributed by atoms with Gasteiger partial charge in [-0.3, -0.25) is 0 Å². The summed E-state index contributed by atoms with van der Waals surface area (Å²) in [4.78, 5) is 0. The molecule has 1 unspecified atom stereocenters. The molecular weight excluding hydrogens is 241 g/mol. The van der Waals surface area contributed by atoms with Crippen LogP contribution in [-0.2, 0) is 6.54 Å². The molecule has 1 aromatic carbocycles. The lowest BCUT2D eigenvalue weighted by Crippen LogP contribution is -2.16. The second-order valence-corrected chi connectivity index (χ2v) is 4.80. The molecule has 96 valence electrons. The van der Waals surface area contributed by atoms with E-state index >= 15 is 0 Å². The third-order valence-corrected chi connectivity index (χ3v) is 2.75. The minimum atomic E-state index is -0.234. The number of benzene rings is 1. The lowest BCUT2D eigenvalue weighted by atomic mass is 10.2. The molecule has 2 nitrogen and oxygen atoms in total. The summed E-state index contributed by atoms with van der Waals surface area (Å²) in [5.74, 6) is 0.310. The molecule has 0 bridgehead atoms. The molecule has 0 aromatic heterocycles. The highest BCUT2D eigenvalue weighted by Gasteiger charge is 2.03. The Morgan fingerprint density at radius 2 is 2.24 bits per heavy atom. The van der Waals surface area contributed by atoms with Gasteiger partial charge in [0.05, 0.1) is 7.11 Å². The monoisotopic (exact) mass is 259 g/mol. The van der Waals surface area contributed by atoms with Crippen LogP contribution in [0.4, 0.5) is 4.39 Å². The predicted molar refractivity (Wildman–Crippen MR) is 69.2 cm³/mol. The summed E-state index contributed by atoms with van der Waals surface area (Å²) in [5.41, 5.74) is 0.657.